The van der Waals surface area contributed by atoms with E-state index in [9.17, 15) is 13.2 Å². The molecule has 0 spiro atoms. The van der Waals surface area contributed by atoms with Gasteiger partial charge in [0.2, 0.25) is 10.0 Å². The normalized spacial score (nSPS) is 20.8. The molecule has 5 heteroatoms. The van der Waals surface area contributed by atoms with Gasteiger partial charge in [0.05, 0.1) is 5.25 Å². The highest BCUT2D eigenvalue weighted by Crippen LogP contribution is 2.27. The Labute approximate surface area is 104 Å². The van der Waals surface area contributed by atoms with Gasteiger partial charge in [-0.15, -0.1) is 0 Å². The fourth-order valence-electron chi connectivity index (χ4n) is 2.11. The number of ketones is 1. The predicted molar refractivity (Wildman–Crippen MR) is 68.2 cm³/mol. The molecular formula is C12H23NO3S. The van der Waals surface area contributed by atoms with E-state index >= 15 is 0 Å². The Hall–Kier alpha value is -0.420. The number of hydrogen-bond acceptors (Lipinski definition) is 3. The zero-order valence-electron chi connectivity index (χ0n) is 10.9. The Morgan fingerprint density at radius 3 is 2.24 bits per heavy atom. The van der Waals surface area contributed by atoms with Crippen LogP contribution in [0.3, 0.4) is 0 Å². The number of carbonyl (C=O) groups is 1. The summed E-state index contributed by atoms with van der Waals surface area (Å²) in [7, 11) is -3.16. The van der Waals surface area contributed by atoms with Gasteiger partial charge in [-0.3, -0.25) is 4.79 Å². The van der Waals surface area contributed by atoms with E-state index in [1.165, 1.54) is 0 Å². The lowest BCUT2D eigenvalue weighted by Crippen LogP contribution is -2.36. The van der Waals surface area contributed by atoms with Gasteiger partial charge in [0, 0.05) is 19.4 Å². The van der Waals surface area contributed by atoms with Gasteiger partial charge in [0.15, 0.2) is 0 Å². The number of carbonyl (C=O) groups excluding carboxylic acids is 1. The number of rotatable bonds is 5. The van der Waals surface area contributed by atoms with Crippen molar-refractivity contribution in [1.82, 2.24) is 4.72 Å². The quantitative estimate of drug-likeness (QED) is 0.819. The lowest BCUT2D eigenvalue weighted by atomic mass is 9.80. The summed E-state index contributed by atoms with van der Waals surface area (Å²) in [6.07, 6.45) is 3.13. The first-order valence-electron chi connectivity index (χ1n) is 6.33. The molecule has 0 aromatic heterocycles. The minimum atomic E-state index is -3.16. The van der Waals surface area contributed by atoms with Crippen molar-refractivity contribution in [3.63, 3.8) is 0 Å². The first-order valence-corrected chi connectivity index (χ1v) is 7.87. The lowest BCUT2D eigenvalue weighted by molar-refractivity contribution is -0.121. The summed E-state index contributed by atoms with van der Waals surface area (Å²) < 4.78 is 25.9. The van der Waals surface area contributed by atoms with Gasteiger partial charge in [-0.1, -0.05) is 6.92 Å². The number of hydrogen-bond donors (Lipinski definition) is 1. The fraction of sp³-hybridized carbons (Fsp3) is 0.917. The van der Waals surface area contributed by atoms with Gasteiger partial charge in [-0.05, 0) is 38.5 Å². The van der Waals surface area contributed by atoms with Gasteiger partial charge < -0.3 is 0 Å². The van der Waals surface area contributed by atoms with Crippen LogP contribution >= 0.6 is 0 Å². The molecule has 0 saturated heterocycles. The second-order valence-electron chi connectivity index (χ2n) is 5.30. The summed E-state index contributed by atoms with van der Waals surface area (Å²) >= 11 is 0. The maximum atomic E-state index is 11.6. The third-order valence-corrected chi connectivity index (χ3v) is 5.43. The summed E-state index contributed by atoms with van der Waals surface area (Å²) in [5.41, 5.74) is 0. The van der Waals surface area contributed by atoms with E-state index < -0.39 is 10.0 Å². The zero-order valence-corrected chi connectivity index (χ0v) is 11.7. The van der Waals surface area contributed by atoms with Crippen LogP contribution in [0.4, 0.5) is 0 Å². The van der Waals surface area contributed by atoms with Crippen LogP contribution < -0.4 is 4.72 Å². The van der Waals surface area contributed by atoms with Crippen LogP contribution in [0.25, 0.3) is 0 Å². The van der Waals surface area contributed by atoms with E-state index in [2.05, 4.69) is 11.6 Å². The minimum Gasteiger partial charge on any atom is -0.300 e. The molecule has 0 amide bonds. The van der Waals surface area contributed by atoms with Crippen molar-refractivity contribution in [3.8, 4) is 0 Å². The number of Topliss-reactive ketones (excluding diaryl/α,β-unsaturated/α-hetero) is 1. The maximum Gasteiger partial charge on any atom is 0.213 e. The summed E-state index contributed by atoms with van der Waals surface area (Å²) in [5.74, 6) is 1.12. The molecule has 100 valence electrons. The van der Waals surface area contributed by atoms with Crippen molar-refractivity contribution >= 4 is 15.8 Å². The van der Waals surface area contributed by atoms with Crippen molar-refractivity contribution in [1.29, 1.82) is 0 Å². The molecule has 1 aliphatic rings. The van der Waals surface area contributed by atoms with Crippen LogP contribution in [-0.2, 0) is 14.8 Å². The van der Waals surface area contributed by atoms with E-state index in [1.807, 2.05) is 0 Å². The maximum absolute atomic E-state index is 11.6. The standard InChI is InChI=1S/C12H23NO3S/c1-9(2)17(15,16)13-8-10(3)11-4-6-12(14)7-5-11/h9-11,13H,4-8H2,1-3H3. The molecule has 0 aliphatic heterocycles. The molecular weight excluding hydrogens is 238 g/mol. The molecule has 1 atom stereocenters. The molecule has 1 aliphatic carbocycles. The second-order valence-corrected chi connectivity index (χ2v) is 7.62. The van der Waals surface area contributed by atoms with E-state index in [1.54, 1.807) is 13.8 Å². The fourth-order valence-corrected chi connectivity index (χ4v) is 2.94. The average Bonchev–Trinajstić information content (AvgIpc) is 2.27. The van der Waals surface area contributed by atoms with Crippen molar-refractivity contribution in [3.05, 3.63) is 0 Å². The van der Waals surface area contributed by atoms with Crippen LogP contribution in [0.2, 0.25) is 0 Å². The molecule has 1 saturated carbocycles. The van der Waals surface area contributed by atoms with Gasteiger partial charge in [-0.2, -0.15) is 0 Å². The second kappa shape index (κ2) is 5.96. The topological polar surface area (TPSA) is 63.2 Å². The number of sulfonamides is 1. The van der Waals surface area contributed by atoms with Crippen LogP contribution in [0.5, 0.6) is 0 Å². The molecule has 0 aromatic rings. The van der Waals surface area contributed by atoms with Gasteiger partial charge in [-0.25, -0.2) is 13.1 Å². The summed E-state index contributed by atoms with van der Waals surface area (Å²) in [6, 6.07) is 0. The molecule has 0 aromatic carbocycles. The summed E-state index contributed by atoms with van der Waals surface area (Å²) in [4.78, 5) is 11.1. The zero-order chi connectivity index (χ0) is 13.1. The first kappa shape index (κ1) is 14.6. The Bertz CT molecular complexity index is 352. The van der Waals surface area contributed by atoms with Crippen LogP contribution in [0, 0.1) is 11.8 Å². The SMILES string of the molecule is CC(CNS(=O)(=O)C(C)C)C1CCC(=O)CC1. The van der Waals surface area contributed by atoms with Crippen molar-refractivity contribution in [2.24, 2.45) is 11.8 Å². The Morgan fingerprint density at radius 2 is 1.76 bits per heavy atom. The van der Waals surface area contributed by atoms with Crippen LogP contribution in [0.15, 0.2) is 0 Å². The molecule has 0 radical (unpaired) electrons. The van der Waals surface area contributed by atoms with E-state index in [0.29, 0.717) is 37.0 Å². The van der Waals surface area contributed by atoms with Crippen LogP contribution in [0.1, 0.15) is 46.5 Å². The largest absolute Gasteiger partial charge is 0.300 e. The first-order chi connectivity index (χ1) is 7.83. The highest BCUT2D eigenvalue weighted by atomic mass is 32.2. The average molecular weight is 261 g/mol. The molecule has 17 heavy (non-hydrogen) atoms. The number of nitrogens with one attached hydrogen (secondary N) is 1. The van der Waals surface area contributed by atoms with E-state index in [4.69, 9.17) is 0 Å². The summed E-state index contributed by atoms with van der Waals surface area (Å²) in [6.45, 7) is 5.89. The lowest BCUT2D eigenvalue weighted by Gasteiger charge is -2.27. The molecule has 1 fully saturated rings. The molecule has 0 bridgehead atoms. The van der Waals surface area contributed by atoms with E-state index in [-0.39, 0.29) is 5.25 Å². The minimum absolute atomic E-state index is 0.302. The Kier molecular flexibility index (Phi) is 5.13. The van der Waals surface area contributed by atoms with Crippen molar-refractivity contribution in [2.45, 2.75) is 51.7 Å². The molecule has 0 heterocycles. The highest BCUT2D eigenvalue weighted by Gasteiger charge is 2.25. The van der Waals surface area contributed by atoms with E-state index in [0.717, 1.165) is 12.8 Å². The Morgan fingerprint density at radius 1 is 1.24 bits per heavy atom. The smallest absolute Gasteiger partial charge is 0.213 e. The third kappa shape index (κ3) is 4.39. The van der Waals surface area contributed by atoms with Crippen LogP contribution in [-0.4, -0.2) is 26.0 Å². The monoisotopic (exact) mass is 261 g/mol. The van der Waals surface area contributed by atoms with Gasteiger partial charge in [0.25, 0.3) is 0 Å². The molecule has 1 N–H and O–H groups in total. The molecule has 1 unspecified atom stereocenters. The van der Waals surface area contributed by atoms with Gasteiger partial charge in [0.1, 0.15) is 5.78 Å². The highest BCUT2D eigenvalue weighted by molar-refractivity contribution is 7.90. The summed E-state index contributed by atoms with van der Waals surface area (Å²) in [5, 5.41) is -0.386. The predicted octanol–water partition coefficient (Wildman–Crippen LogP) is 1.71. The van der Waals surface area contributed by atoms with Gasteiger partial charge >= 0.3 is 0 Å². The Balaban J connectivity index is 2.40. The van der Waals surface area contributed by atoms with Crippen molar-refractivity contribution < 1.29 is 13.2 Å². The van der Waals surface area contributed by atoms with Crippen molar-refractivity contribution in [2.75, 3.05) is 6.54 Å². The molecule has 1 rings (SSSR count). The molecule has 4 nitrogen and oxygen atoms in total. The third-order valence-electron chi connectivity index (χ3n) is 3.62.